The van der Waals surface area contributed by atoms with Gasteiger partial charge in [0.25, 0.3) is 5.89 Å². The number of nitrogens with two attached hydrogens (primary N) is 1. The number of anilines is 1. The van der Waals surface area contributed by atoms with Gasteiger partial charge in [-0.3, -0.25) is 0 Å². The van der Waals surface area contributed by atoms with Crippen molar-refractivity contribution in [3.8, 4) is 34.3 Å². The van der Waals surface area contributed by atoms with Crippen LogP contribution in [-0.2, 0) is 10.0 Å². The van der Waals surface area contributed by atoms with Gasteiger partial charge in [-0.15, -0.1) is 10.2 Å². The second kappa shape index (κ2) is 8.13. The lowest BCUT2D eigenvalue weighted by atomic mass is 10.1. The smallest absolute Gasteiger partial charge is 0.270 e. The van der Waals surface area contributed by atoms with E-state index in [1.165, 1.54) is 10.5 Å². The minimum absolute atomic E-state index is 0.156. The minimum Gasteiger partial charge on any atom is -0.414 e. The lowest BCUT2D eigenvalue weighted by Gasteiger charge is -2.15. The van der Waals surface area contributed by atoms with Crippen LogP contribution in [0.3, 0.4) is 0 Å². The van der Waals surface area contributed by atoms with Crippen LogP contribution >= 0.6 is 0 Å². The molecule has 5 rings (SSSR count). The average molecular weight is 449 g/mol. The Morgan fingerprint density at radius 1 is 0.875 bits per heavy atom. The quantitative estimate of drug-likeness (QED) is 0.493. The van der Waals surface area contributed by atoms with Crippen LogP contribution in [0, 0.1) is 0 Å². The Kier molecular flexibility index (Phi) is 5.16. The Balaban J connectivity index is 1.45. The topological polar surface area (TPSA) is 128 Å². The predicted molar refractivity (Wildman–Crippen MR) is 119 cm³/mol. The molecule has 0 spiro atoms. The number of nitrogen functional groups attached to an aromatic ring is 1. The summed E-state index contributed by atoms with van der Waals surface area (Å²) < 4.78 is 32.8. The van der Waals surface area contributed by atoms with Crippen molar-refractivity contribution in [1.82, 2.24) is 24.5 Å². The molecule has 1 saturated heterocycles. The Hall–Kier alpha value is -3.63. The summed E-state index contributed by atoms with van der Waals surface area (Å²) in [5.41, 5.74) is 8.27. The van der Waals surface area contributed by atoms with Crippen LogP contribution in [0.1, 0.15) is 12.8 Å². The Bertz CT molecular complexity index is 1350. The van der Waals surface area contributed by atoms with Crippen LogP contribution < -0.4 is 5.73 Å². The van der Waals surface area contributed by atoms with Crippen molar-refractivity contribution in [2.24, 2.45) is 0 Å². The number of hydrogen-bond donors (Lipinski definition) is 1. The molecule has 0 radical (unpaired) electrons. The van der Waals surface area contributed by atoms with E-state index in [9.17, 15) is 8.42 Å². The highest BCUT2D eigenvalue weighted by Crippen LogP contribution is 2.29. The molecule has 9 nitrogen and oxygen atoms in total. The largest absolute Gasteiger partial charge is 0.414 e. The third-order valence-corrected chi connectivity index (χ3v) is 7.21. The van der Waals surface area contributed by atoms with Gasteiger partial charge in [-0.25, -0.2) is 18.4 Å². The second-order valence-corrected chi connectivity index (χ2v) is 9.34. The molecule has 2 aromatic heterocycles. The van der Waals surface area contributed by atoms with Crippen LogP contribution in [0.15, 0.2) is 70.1 Å². The van der Waals surface area contributed by atoms with E-state index in [0.29, 0.717) is 30.2 Å². The molecule has 0 atom stereocenters. The van der Waals surface area contributed by atoms with Crippen molar-refractivity contribution in [2.45, 2.75) is 17.7 Å². The predicted octanol–water partition coefficient (Wildman–Crippen LogP) is 3.23. The van der Waals surface area contributed by atoms with Crippen LogP contribution in [-0.4, -0.2) is 46.0 Å². The summed E-state index contributed by atoms with van der Waals surface area (Å²) in [6.45, 7) is 1.12. The Morgan fingerprint density at radius 3 is 2.28 bits per heavy atom. The van der Waals surface area contributed by atoms with Gasteiger partial charge in [-0.1, -0.05) is 30.3 Å². The number of rotatable bonds is 5. The Morgan fingerprint density at radius 2 is 1.56 bits per heavy atom. The molecule has 0 saturated carbocycles. The molecule has 2 aromatic carbocycles. The van der Waals surface area contributed by atoms with Gasteiger partial charge in [0, 0.05) is 24.2 Å². The molecule has 2 N–H and O–H groups in total. The van der Waals surface area contributed by atoms with E-state index in [4.69, 9.17) is 10.2 Å². The standard InChI is InChI=1S/C22H20N6O3S/c23-20-19(22-27-26-21(31-22)16-6-2-1-3-7-16)25-18(14-24-20)15-8-10-17(11-9-15)32(29,30)28-12-4-5-13-28/h1-3,6-11,14H,4-5,12-13H2,(H2,23,24). The van der Waals surface area contributed by atoms with Gasteiger partial charge in [-0.05, 0) is 37.1 Å². The maximum absolute atomic E-state index is 12.7. The fourth-order valence-electron chi connectivity index (χ4n) is 3.59. The molecule has 1 aliphatic rings. The molecule has 1 fully saturated rings. The highest BCUT2D eigenvalue weighted by Gasteiger charge is 2.27. The highest BCUT2D eigenvalue weighted by molar-refractivity contribution is 7.89. The van der Waals surface area contributed by atoms with Crippen LogP contribution in [0.4, 0.5) is 5.82 Å². The van der Waals surface area contributed by atoms with Gasteiger partial charge in [0.15, 0.2) is 11.5 Å². The summed E-state index contributed by atoms with van der Waals surface area (Å²) in [4.78, 5) is 9.01. The van der Waals surface area contributed by atoms with Crippen molar-refractivity contribution in [2.75, 3.05) is 18.8 Å². The third kappa shape index (κ3) is 3.74. The van der Waals surface area contributed by atoms with E-state index in [2.05, 4.69) is 20.2 Å². The first-order valence-electron chi connectivity index (χ1n) is 10.1. The van der Waals surface area contributed by atoms with E-state index in [0.717, 1.165) is 18.4 Å². The van der Waals surface area contributed by atoms with Gasteiger partial charge in [-0.2, -0.15) is 4.31 Å². The fourth-order valence-corrected chi connectivity index (χ4v) is 5.10. The molecule has 162 valence electrons. The first-order chi connectivity index (χ1) is 15.5. The molecule has 32 heavy (non-hydrogen) atoms. The normalized spacial score (nSPS) is 14.6. The van der Waals surface area contributed by atoms with Gasteiger partial charge in [0.1, 0.15) is 0 Å². The Labute approximate surface area is 185 Å². The number of sulfonamides is 1. The SMILES string of the molecule is Nc1ncc(-c2ccc(S(=O)(=O)N3CCCC3)cc2)nc1-c1nnc(-c2ccccc2)o1. The third-order valence-electron chi connectivity index (χ3n) is 5.30. The minimum atomic E-state index is -3.48. The summed E-state index contributed by atoms with van der Waals surface area (Å²) in [7, 11) is -3.48. The first-order valence-corrected chi connectivity index (χ1v) is 11.6. The highest BCUT2D eigenvalue weighted by atomic mass is 32.2. The molecule has 3 heterocycles. The molecule has 0 bridgehead atoms. The molecule has 1 aliphatic heterocycles. The van der Waals surface area contributed by atoms with Gasteiger partial charge < -0.3 is 10.2 Å². The molecule has 0 aliphatic carbocycles. The molecule has 4 aromatic rings. The van der Waals surface area contributed by atoms with E-state index < -0.39 is 10.0 Å². The lowest BCUT2D eigenvalue weighted by molar-refractivity contribution is 0.477. The maximum atomic E-state index is 12.7. The zero-order valence-electron chi connectivity index (χ0n) is 17.0. The molecular formula is C22H20N6O3S. The average Bonchev–Trinajstić information content (AvgIpc) is 3.53. The summed E-state index contributed by atoms with van der Waals surface area (Å²) in [5.74, 6) is 0.665. The molecular weight excluding hydrogens is 428 g/mol. The van der Waals surface area contributed by atoms with Crippen molar-refractivity contribution >= 4 is 15.8 Å². The number of aromatic nitrogens is 4. The first kappa shape index (κ1) is 20.3. The zero-order chi connectivity index (χ0) is 22.1. The summed E-state index contributed by atoms with van der Waals surface area (Å²) in [6, 6.07) is 16.0. The molecule has 0 unspecified atom stereocenters. The molecule has 0 amide bonds. The zero-order valence-corrected chi connectivity index (χ0v) is 17.9. The van der Waals surface area contributed by atoms with Gasteiger partial charge in [0.2, 0.25) is 15.9 Å². The lowest BCUT2D eigenvalue weighted by Crippen LogP contribution is -2.27. The number of nitrogens with zero attached hydrogens (tertiary/aromatic N) is 5. The molecule has 10 heteroatoms. The monoisotopic (exact) mass is 448 g/mol. The van der Waals surface area contributed by atoms with E-state index in [1.807, 2.05) is 30.3 Å². The van der Waals surface area contributed by atoms with Crippen LogP contribution in [0.5, 0.6) is 0 Å². The van der Waals surface area contributed by atoms with E-state index in [1.54, 1.807) is 24.3 Å². The van der Waals surface area contributed by atoms with E-state index >= 15 is 0 Å². The summed E-state index contributed by atoms with van der Waals surface area (Å²) in [5, 5.41) is 8.14. The van der Waals surface area contributed by atoms with Crippen LogP contribution in [0.25, 0.3) is 34.3 Å². The van der Waals surface area contributed by atoms with Crippen LogP contribution in [0.2, 0.25) is 0 Å². The van der Waals surface area contributed by atoms with Gasteiger partial charge >= 0.3 is 0 Å². The number of hydrogen-bond acceptors (Lipinski definition) is 8. The van der Waals surface area contributed by atoms with Gasteiger partial charge in [0.05, 0.1) is 16.8 Å². The van der Waals surface area contributed by atoms with Crippen molar-refractivity contribution in [3.05, 3.63) is 60.8 Å². The fraction of sp³-hybridized carbons (Fsp3) is 0.182. The maximum Gasteiger partial charge on any atom is 0.270 e. The second-order valence-electron chi connectivity index (χ2n) is 7.40. The summed E-state index contributed by atoms with van der Waals surface area (Å²) >= 11 is 0. The number of benzene rings is 2. The van der Waals surface area contributed by atoms with E-state index in [-0.39, 0.29) is 22.3 Å². The van der Waals surface area contributed by atoms with Crippen molar-refractivity contribution in [1.29, 1.82) is 0 Å². The van der Waals surface area contributed by atoms with Crippen molar-refractivity contribution in [3.63, 3.8) is 0 Å². The van der Waals surface area contributed by atoms with Crippen molar-refractivity contribution < 1.29 is 12.8 Å². The summed E-state index contributed by atoms with van der Waals surface area (Å²) in [6.07, 6.45) is 3.31.